The van der Waals surface area contributed by atoms with Crippen LogP contribution in [0, 0.1) is 13.8 Å². The third-order valence-electron chi connectivity index (χ3n) is 2.07. The molecular formula is C10H16OS. The minimum atomic E-state index is -0.169. The predicted octanol–water partition coefficient (Wildman–Crippen LogP) is 2.68. The minimum Gasteiger partial charge on any atom is -0.393 e. The lowest BCUT2D eigenvalue weighted by Gasteiger charge is -2.05. The van der Waals surface area contributed by atoms with Gasteiger partial charge in [-0.3, -0.25) is 0 Å². The standard InChI is InChI=1S/C10H16OS/c1-4-10(11)6-9-5-7(2)12-8(9)3/h5,10-11H,4,6H2,1-3H3. The molecule has 1 aromatic heterocycles. The van der Waals surface area contributed by atoms with Gasteiger partial charge in [-0.15, -0.1) is 11.3 Å². The molecule has 0 spiro atoms. The molecule has 1 aromatic rings. The molecule has 0 aliphatic heterocycles. The zero-order valence-electron chi connectivity index (χ0n) is 7.92. The van der Waals surface area contributed by atoms with Gasteiger partial charge in [0.2, 0.25) is 0 Å². The first kappa shape index (κ1) is 9.75. The summed E-state index contributed by atoms with van der Waals surface area (Å²) in [5.41, 5.74) is 1.31. The molecule has 0 radical (unpaired) electrons. The molecule has 0 saturated heterocycles. The second kappa shape index (κ2) is 4.06. The van der Waals surface area contributed by atoms with E-state index < -0.39 is 0 Å². The third-order valence-corrected chi connectivity index (χ3v) is 3.08. The van der Waals surface area contributed by atoms with Crippen LogP contribution in [0.1, 0.15) is 28.7 Å². The van der Waals surface area contributed by atoms with Gasteiger partial charge in [-0.05, 0) is 38.3 Å². The fourth-order valence-electron chi connectivity index (χ4n) is 1.28. The van der Waals surface area contributed by atoms with E-state index >= 15 is 0 Å². The van der Waals surface area contributed by atoms with Gasteiger partial charge in [0.15, 0.2) is 0 Å². The summed E-state index contributed by atoms with van der Waals surface area (Å²) in [6.45, 7) is 6.24. The molecular weight excluding hydrogens is 168 g/mol. The normalized spacial score (nSPS) is 13.3. The van der Waals surface area contributed by atoms with Crippen molar-refractivity contribution in [1.82, 2.24) is 0 Å². The summed E-state index contributed by atoms with van der Waals surface area (Å²) in [5, 5.41) is 9.45. The van der Waals surface area contributed by atoms with Crippen molar-refractivity contribution in [3.8, 4) is 0 Å². The van der Waals surface area contributed by atoms with Crippen molar-refractivity contribution < 1.29 is 5.11 Å². The first-order chi connectivity index (χ1) is 5.63. The highest BCUT2D eigenvalue weighted by Crippen LogP contribution is 2.22. The number of rotatable bonds is 3. The zero-order chi connectivity index (χ0) is 9.14. The van der Waals surface area contributed by atoms with E-state index in [1.165, 1.54) is 15.3 Å². The molecule has 0 amide bonds. The third kappa shape index (κ3) is 2.32. The Morgan fingerprint density at radius 1 is 1.50 bits per heavy atom. The Balaban J connectivity index is 2.68. The molecule has 0 fully saturated rings. The highest BCUT2D eigenvalue weighted by Gasteiger charge is 2.07. The molecule has 1 nitrogen and oxygen atoms in total. The van der Waals surface area contributed by atoms with E-state index in [9.17, 15) is 5.11 Å². The van der Waals surface area contributed by atoms with Crippen LogP contribution in [-0.2, 0) is 6.42 Å². The number of hydrogen-bond acceptors (Lipinski definition) is 2. The summed E-state index contributed by atoms with van der Waals surface area (Å²) in [4.78, 5) is 2.69. The average Bonchev–Trinajstić information content (AvgIpc) is 2.30. The quantitative estimate of drug-likeness (QED) is 0.765. The Morgan fingerprint density at radius 2 is 2.17 bits per heavy atom. The molecule has 0 bridgehead atoms. The Kier molecular flexibility index (Phi) is 3.29. The minimum absolute atomic E-state index is 0.169. The average molecular weight is 184 g/mol. The topological polar surface area (TPSA) is 20.2 Å². The lowest BCUT2D eigenvalue weighted by molar-refractivity contribution is 0.171. The monoisotopic (exact) mass is 184 g/mol. The Bertz CT molecular complexity index is 252. The smallest absolute Gasteiger partial charge is 0.0578 e. The van der Waals surface area contributed by atoms with Gasteiger partial charge in [0, 0.05) is 9.75 Å². The number of thiophene rings is 1. The van der Waals surface area contributed by atoms with Gasteiger partial charge in [0.05, 0.1) is 6.10 Å². The summed E-state index contributed by atoms with van der Waals surface area (Å²) in [7, 11) is 0. The Labute approximate surface area is 78.1 Å². The molecule has 68 valence electrons. The van der Waals surface area contributed by atoms with Crippen molar-refractivity contribution in [3.63, 3.8) is 0 Å². The number of aliphatic hydroxyl groups excluding tert-OH is 1. The van der Waals surface area contributed by atoms with E-state index in [1.54, 1.807) is 0 Å². The van der Waals surface area contributed by atoms with Crippen LogP contribution < -0.4 is 0 Å². The number of aliphatic hydroxyl groups is 1. The maximum Gasteiger partial charge on any atom is 0.0578 e. The van der Waals surface area contributed by atoms with Crippen molar-refractivity contribution >= 4 is 11.3 Å². The first-order valence-electron chi connectivity index (χ1n) is 4.37. The maximum atomic E-state index is 9.45. The fourth-order valence-corrected chi connectivity index (χ4v) is 2.24. The lowest BCUT2D eigenvalue weighted by Crippen LogP contribution is -2.08. The van der Waals surface area contributed by atoms with Crippen LogP contribution in [0.15, 0.2) is 6.07 Å². The molecule has 0 aliphatic rings. The second-order valence-corrected chi connectivity index (χ2v) is 4.67. The second-order valence-electron chi connectivity index (χ2n) is 3.20. The van der Waals surface area contributed by atoms with Crippen molar-refractivity contribution in [2.45, 2.75) is 39.7 Å². The van der Waals surface area contributed by atoms with Crippen molar-refractivity contribution in [2.75, 3.05) is 0 Å². The predicted molar refractivity (Wildman–Crippen MR) is 53.8 cm³/mol. The molecule has 2 heteroatoms. The van der Waals surface area contributed by atoms with Crippen LogP contribution in [0.3, 0.4) is 0 Å². The van der Waals surface area contributed by atoms with E-state index in [1.807, 2.05) is 18.3 Å². The summed E-state index contributed by atoms with van der Waals surface area (Å²) >= 11 is 1.81. The molecule has 1 rings (SSSR count). The van der Waals surface area contributed by atoms with E-state index in [0.717, 1.165) is 12.8 Å². The molecule has 12 heavy (non-hydrogen) atoms. The van der Waals surface area contributed by atoms with Crippen LogP contribution in [0.2, 0.25) is 0 Å². The van der Waals surface area contributed by atoms with Gasteiger partial charge < -0.3 is 5.11 Å². The Morgan fingerprint density at radius 3 is 2.58 bits per heavy atom. The van der Waals surface area contributed by atoms with Gasteiger partial charge in [-0.25, -0.2) is 0 Å². The van der Waals surface area contributed by atoms with Gasteiger partial charge in [0.1, 0.15) is 0 Å². The molecule has 0 saturated carbocycles. The van der Waals surface area contributed by atoms with Gasteiger partial charge in [-0.2, -0.15) is 0 Å². The summed E-state index contributed by atoms with van der Waals surface area (Å²) in [6, 6.07) is 2.18. The van der Waals surface area contributed by atoms with Crippen molar-refractivity contribution in [1.29, 1.82) is 0 Å². The summed E-state index contributed by atoms with van der Waals surface area (Å²) in [5.74, 6) is 0. The van der Waals surface area contributed by atoms with E-state index in [4.69, 9.17) is 0 Å². The SMILES string of the molecule is CCC(O)Cc1cc(C)sc1C. The Hall–Kier alpha value is -0.340. The van der Waals surface area contributed by atoms with E-state index in [2.05, 4.69) is 19.9 Å². The van der Waals surface area contributed by atoms with E-state index in [0.29, 0.717) is 0 Å². The zero-order valence-corrected chi connectivity index (χ0v) is 8.74. The summed E-state index contributed by atoms with van der Waals surface area (Å²) in [6.07, 6.45) is 1.48. The van der Waals surface area contributed by atoms with Crippen LogP contribution in [0.25, 0.3) is 0 Å². The molecule has 1 atom stereocenters. The molecule has 0 aliphatic carbocycles. The fraction of sp³-hybridized carbons (Fsp3) is 0.600. The van der Waals surface area contributed by atoms with Crippen LogP contribution in [-0.4, -0.2) is 11.2 Å². The number of hydrogen-bond donors (Lipinski definition) is 1. The van der Waals surface area contributed by atoms with Crippen molar-refractivity contribution in [2.24, 2.45) is 0 Å². The molecule has 0 aromatic carbocycles. The summed E-state index contributed by atoms with van der Waals surface area (Å²) < 4.78 is 0. The highest BCUT2D eigenvalue weighted by atomic mass is 32.1. The molecule has 1 N–H and O–H groups in total. The van der Waals surface area contributed by atoms with Gasteiger partial charge in [0.25, 0.3) is 0 Å². The van der Waals surface area contributed by atoms with Crippen molar-refractivity contribution in [3.05, 3.63) is 21.4 Å². The lowest BCUT2D eigenvalue weighted by atomic mass is 10.1. The van der Waals surface area contributed by atoms with Crippen LogP contribution in [0.5, 0.6) is 0 Å². The van der Waals surface area contributed by atoms with Crippen LogP contribution in [0.4, 0.5) is 0 Å². The molecule has 1 heterocycles. The van der Waals surface area contributed by atoms with Gasteiger partial charge >= 0.3 is 0 Å². The highest BCUT2D eigenvalue weighted by molar-refractivity contribution is 7.12. The van der Waals surface area contributed by atoms with Crippen LogP contribution >= 0.6 is 11.3 Å². The largest absolute Gasteiger partial charge is 0.393 e. The first-order valence-corrected chi connectivity index (χ1v) is 5.19. The van der Waals surface area contributed by atoms with Gasteiger partial charge in [-0.1, -0.05) is 6.92 Å². The number of aryl methyl sites for hydroxylation is 2. The van der Waals surface area contributed by atoms with E-state index in [-0.39, 0.29) is 6.10 Å². The maximum absolute atomic E-state index is 9.45. The molecule has 1 unspecified atom stereocenters.